The summed E-state index contributed by atoms with van der Waals surface area (Å²) in [5.41, 5.74) is -0.365. The van der Waals surface area contributed by atoms with Crippen LogP contribution in [0.1, 0.15) is 46.5 Å². The number of carbonyl (C=O) groups excluding carboxylic acids is 1. The average molecular weight is 211 g/mol. The summed E-state index contributed by atoms with van der Waals surface area (Å²) in [5, 5.41) is 3.40. The summed E-state index contributed by atoms with van der Waals surface area (Å²) in [7, 11) is 0. The van der Waals surface area contributed by atoms with Crippen LogP contribution >= 0.6 is 0 Å². The van der Waals surface area contributed by atoms with E-state index >= 15 is 0 Å². The molecule has 0 aromatic rings. The zero-order chi connectivity index (χ0) is 11.1. The summed E-state index contributed by atoms with van der Waals surface area (Å²) in [6.45, 7) is 5.75. The number of hydrogen-bond donors (Lipinski definition) is 1. The molecular weight excluding hydrogens is 190 g/mol. The number of ether oxygens (including phenoxy) is 1. The van der Waals surface area contributed by atoms with Gasteiger partial charge >= 0.3 is 5.97 Å². The lowest BCUT2D eigenvalue weighted by atomic mass is 10.0. The van der Waals surface area contributed by atoms with E-state index in [1.807, 2.05) is 20.8 Å². The molecule has 15 heavy (non-hydrogen) atoms. The van der Waals surface area contributed by atoms with Gasteiger partial charge in [-0.1, -0.05) is 6.42 Å². The molecule has 0 bridgehead atoms. The predicted octanol–water partition coefficient (Wildman–Crippen LogP) is 1.86. The first kappa shape index (κ1) is 10.9. The molecule has 3 atom stereocenters. The van der Waals surface area contributed by atoms with Crippen LogP contribution in [0.2, 0.25) is 0 Å². The van der Waals surface area contributed by atoms with Crippen molar-refractivity contribution in [3.8, 4) is 0 Å². The Morgan fingerprint density at radius 2 is 2.07 bits per heavy atom. The Labute approximate surface area is 91.6 Å². The molecule has 1 aliphatic heterocycles. The number of rotatable bonds is 1. The molecular formula is C12H21NO2. The summed E-state index contributed by atoms with van der Waals surface area (Å²) in [6, 6.07) is 0.516. The molecule has 2 aliphatic rings. The minimum absolute atomic E-state index is 0.0560. The first-order valence-electron chi connectivity index (χ1n) is 5.94. The fraction of sp³-hybridized carbons (Fsp3) is 0.917. The minimum atomic E-state index is -0.365. The van der Waals surface area contributed by atoms with Crippen LogP contribution < -0.4 is 5.32 Å². The molecule has 3 heteroatoms. The second-order valence-electron chi connectivity index (χ2n) is 5.79. The van der Waals surface area contributed by atoms with E-state index in [1.165, 1.54) is 19.3 Å². The zero-order valence-corrected chi connectivity index (χ0v) is 9.88. The third-order valence-electron chi connectivity index (χ3n) is 3.30. The van der Waals surface area contributed by atoms with Gasteiger partial charge in [0.05, 0.1) is 0 Å². The lowest BCUT2D eigenvalue weighted by Gasteiger charge is -2.22. The van der Waals surface area contributed by atoms with Crippen molar-refractivity contribution in [3.05, 3.63) is 0 Å². The average Bonchev–Trinajstić information content (AvgIpc) is 2.56. The summed E-state index contributed by atoms with van der Waals surface area (Å²) in [5.74, 6) is 0.638. The summed E-state index contributed by atoms with van der Waals surface area (Å²) >= 11 is 0. The first-order chi connectivity index (χ1) is 6.96. The number of nitrogens with one attached hydrogen (secondary N) is 1. The smallest absolute Gasteiger partial charge is 0.323 e. The largest absolute Gasteiger partial charge is 0.459 e. The van der Waals surface area contributed by atoms with Crippen LogP contribution in [0.15, 0.2) is 0 Å². The minimum Gasteiger partial charge on any atom is -0.459 e. The van der Waals surface area contributed by atoms with E-state index in [9.17, 15) is 4.79 Å². The summed E-state index contributed by atoms with van der Waals surface area (Å²) < 4.78 is 5.39. The molecule has 1 saturated carbocycles. The van der Waals surface area contributed by atoms with Crippen LogP contribution in [-0.2, 0) is 9.53 Å². The van der Waals surface area contributed by atoms with Crippen molar-refractivity contribution in [1.82, 2.24) is 5.32 Å². The topological polar surface area (TPSA) is 38.3 Å². The van der Waals surface area contributed by atoms with Gasteiger partial charge < -0.3 is 10.1 Å². The molecule has 1 saturated heterocycles. The molecule has 2 rings (SSSR count). The van der Waals surface area contributed by atoms with Crippen molar-refractivity contribution in [2.45, 2.75) is 64.1 Å². The van der Waals surface area contributed by atoms with Crippen molar-refractivity contribution in [2.75, 3.05) is 0 Å². The highest BCUT2D eigenvalue weighted by Crippen LogP contribution is 2.35. The fourth-order valence-electron chi connectivity index (χ4n) is 2.70. The number of hydrogen-bond acceptors (Lipinski definition) is 3. The van der Waals surface area contributed by atoms with Gasteiger partial charge in [0.1, 0.15) is 11.6 Å². The van der Waals surface area contributed by atoms with Crippen molar-refractivity contribution < 1.29 is 9.53 Å². The van der Waals surface area contributed by atoms with Crippen LogP contribution in [0.3, 0.4) is 0 Å². The van der Waals surface area contributed by atoms with Gasteiger partial charge in [0.2, 0.25) is 0 Å². The van der Waals surface area contributed by atoms with Gasteiger partial charge in [-0.15, -0.1) is 0 Å². The Bertz CT molecular complexity index is 245. The Kier molecular flexibility index (Phi) is 2.75. The van der Waals surface area contributed by atoms with Crippen molar-refractivity contribution in [2.24, 2.45) is 5.92 Å². The molecule has 86 valence electrons. The van der Waals surface area contributed by atoms with Gasteiger partial charge in [-0.3, -0.25) is 4.79 Å². The molecule has 2 fully saturated rings. The number of esters is 1. The van der Waals surface area contributed by atoms with Crippen molar-refractivity contribution in [1.29, 1.82) is 0 Å². The Morgan fingerprint density at radius 3 is 2.67 bits per heavy atom. The Morgan fingerprint density at radius 1 is 1.33 bits per heavy atom. The zero-order valence-electron chi connectivity index (χ0n) is 9.88. The van der Waals surface area contributed by atoms with Gasteiger partial charge in [0.15, 0.2) is 0 Å². The van der Waals surface area contributed by atoms with E-state index in [4.69, 9.17) is 4.74 Å². The molecule has 1 N–H and O–H groups in total. The van der Waals surface area contributed by atoms with E-state index in [0.717, 1.165) is 6.42 Å². The number of carbonyl (C=O) groups is 1. The highest BCUT2D eigenvalue weighted by Gasteiger charge is 2.41. The lowest BCUT2D eigenvalue weighted by molar-refractivity contribution is -0.157. The third kappa shape index (κ3) is 2.51. The molecule has 1 aliphatic carbocycles. The monoisotopic (exact) mass is 211 g/mol. The quantitative estimate of drug-likeness (QED) is 0.673. The number of fused-ring (bicyclic) bond motifs is 1. The first-order valence-corrected chi connectivity index (χ1v) is 5.94. The molecule has 0 aromatic heterocycles. The lowest BCUT2D eigenvalue weighted by Crippen LogP contribution is -2.39. The normalized spacial score (nSPS) is 35.3. The van der Waals surface area contributed by atoms with E-state index in [2.05, 4.69) is 5.32 Å². The molecule has 0 spiro atoms. The van der Waals surface area contributed by atoms with Crippen molar-refractivity contribution >= 4 is 5.97 Å². The standard InChI is InChI=1S/C12H21NO2/c1-12(2,3)15-11(14)10-7-8-5-4-6-9(8)13-10/h8-10,13H,4-7H2,1-3H3/t8-,9-,10+/m0/s1. The van der Waals surface area contributed by atoms with E-state index in [1.54, 1.807) is 0 Å². The maximum Gasteiger partial charge on any atom is 0.323 e. The highest BCUT2D eigenvalue weighted by atomic mass is 16.6. The van der Waals surface area contributed by atoms with E-state index < -0.39 is 0 Å². The van der Waals surface area contributed by atoms with Gasteiger partial charge in [0.25, 0.3) is 0 Å². The Hall–Kier alpha value is -0.570. The van der Waals surface area contributed by atoms with Crippen LogP contribution in [0.5, 0.6) is 0 Å². The molecule has 0 unspecified atom stereocenters. The second kappa shape index (κ2) is 3.78. The molecule has 0 radical (unpaired) electrons. The van der Waals surface area contributed by atoms with Crippen LogP contribution in [0.4, 0.5) is 0 Å². The van der Waals surface area contributed by atoms with E-state index in [0.29, 0.717) is 12.0 Å². The predicted molar refractivity (Wildman–Crippen MR) is 58.5 cm³/mol. The SMILES string of the molecule is CC(C)(C)OC(=O)[C@H]1C[C@@H]2CCC[C@@H]2N1. The maximum atomic E-state index is 11.8. The van der Waals surface area contributed by atoms with Crippen LogP contribution in [-0.4, -0.2) is 23.7 Å². The summed E-state index contributed by atoms with van der Waals surface area (Å²) in [6.07, 6.45) is 4.78. The Balaban J connectivity index is 1.88. The van der Waals surface area contributed by atoms with Gasteiger partial charge in [-0.2, -0.15) is 0 Å². The molecule has 0 aromatic carbocycles. The summed E-state index contributed by atoms with van der Waals surface area (Å²) in [4.78, 5) is 11.8. The fourth-order valence-corrected chi connectivity index (χ4v) is 2.70. The van der Waals surface area contributed by atoms with Crippen molar-refractivity contribution in [3.63, 3.8) is 0 Å². The maximum absolute atomic E-state index is 11.8. The van der Waals surface area contributed by atoms with E-state index in [-0.39, 0.29) is 17.6 Å². The van der Waals surface area contributed by atoms with Crippen LogP contribution in [0.25, 0.3) is 0 Å². The van der Waals surface area contributed by atoms with Crippen LogP contribution in [0, 0.1) is 5.92 Å². The van der Waals surface area contributed by atoms with Gasteiger partial charge in [0, 0.05) is 6.04 Å². The molecule has 0 amide bonds. The third-order valence-corrected chi connectivity index (χ3v) is 3.30. The van der Waals surface area contributed by atoms with Gasteiger partial charge in [-0.05, 0) is 46.0 Å². The van der Waals surface area contributed by atoms with Gasteiger partial charge in [-0.25, -0.2) is 0 Å². The highest BCUT2D eigenvalue weighted by molar-refractivity contribution is 5.76. The molecule has 3 nitrogen and oxygen atoms in total. The molecule has 1 heterocycles. The second-order valence-corrected chi connectivity index (χ2v) is 5.79.